The second-order valence-electron chi connectivity index (χ2n) is 5.17. The predicted molar refractivity (Wildman–Crippen MR) is 64.8 cm³/mol. The number of alkyl halides is 3. The molecule has 19 heavy (non-hydrogen) atoms. The molecule has 0 saturated carbocycles. The quantitative estimate of drug-likeness (QED) is 0.869. The Morgan fingerprint density at radius 1 is 1.37 bits per heavy atom. The van der Waals surface area contributed by atoms with Crippen LogP contribution < -0.4 is 4.90 Å². The summed E-state index contributed by atoms with van der Waals surface area (Å²) >= 11 is 0. The van der Waals surface area contributed by atoms with Crippen molar-refractivity contribution in [3.63, 3.8) is 0 Å². The van der Waals surface area contributed by atoms with Crippen molar-refractivity contribution in [2.24, 2.45) is 0 Å². The predicted octanol–water partition coefficient (Wildman–Crippen LogP) is 2.16. The number of halogens is 3. The zero-order valence-electron chi connectivity index (χ0n) is 10.5. The van der Waals surface area contributed by atoms with Crippen molar-refractivity contribution < 1.29 is 23.4 Å². The molecule has 2 N–H and O–H groups in total. The smallest absolute Gasteiger partial charge is 0.392 e. The molecule has 0 amide bonds. The molecule has 106 valence electrons. The van der Waals surface area contributed by atoms with Crippen LogP contribution in [0.1, 0.15) is 24.5 Å². The molecule has 0 aliphatic carbocycles. The number of aliphatic hydroxyl groups excluding tert-OH is 1. The molecule has 1 aromatic carbocycles. The van der Waals surface area contributed by atoms with Crippen molar-refractivity contribution in [2.45, 2.75) is 31.7 Å². The fourth-order valence-electron chi connectivity index (χ4n) is 2.33. The Morgan fingerprint density at radius 2 is 2.05 bits per heavy atom. The maximum atomic E-state index is 12.9. The maximum Gasteiger partial charge on any atom is 0.416 e. The van der Waals surface area contributed by atoms with Gasteiger partial charge in [0.2, 0.25) is 0 Å². The van der Waals surface area contributed by atoms with Gasteiger partial charge in [0.15, 0.2) is 0 Å². The average Bonchev–Trinajstić information content (AvgIpc) is 2.68. The van der Waals surface area contributed by atoms with Gasteiger partial charge in [0, 0.05) is 18.8 Å². The first-order valence-electron chi connectivity index (χ1n) is 6.01. The zero-order chi connectivity index (χ0) is 14.3. The summed E-state index contributed by atoms with van der Waals surface area (Å²) in [6, 6.07) is 3.86. The Morgan fingerprint density at radius 3 is 2.53 bits per heavy atom. The summed E-state index contributed by atoms with van der Waals surface area (Å²) < 4.78 is 38.6. The molecule has 1 fully saturated rings. The van der Waals surface area contributed by atoms with Crippen LogP contribution in [0.3, 0.4) is 0 Å². The Kier molecular flexibility index (Phi) is 3.49. The van der Waals surface area contributed by atoms with Gasteiger partial charge in [-0.05, 0) is 31.0 Å². The second kappa shape index (κ2) is 4.68. The van der Waals surface area contributed by atoms with Gasteiger partial charge in [-0.25, -0.2) is 0 Å². The summed E-state index contributed by atoms with van der Waals surface area (Å²) in [6.45, 7) is 1.85. The Hall–Kier alpha value is -1.27. The molecular weight excluding hydrogens is 259 g/mol. The zero-order valence-corrected chi connectivity index (χ0v) is 10.5. The van der Waals surface area contributed by atoms with E-state index in [1.807, 2.05) is 0 Å². The van der Waals surface area contributed by atoms with Crippen LogP contribution in [0.5, 0.6) is 0 Å². The molecule has 1 heterocycles. The summed E-state index contributed by atoms with van der Waals surface area (Å²) in [7, 11) is 0. The van der Waals surface area contributed by atoms with Crippen molar-refractivity contribution in [1.29, 1.82) is 0 Å². The summed E-state index contributed by atoms with van der Waals surface area (Å²) in [5.74, 6) is 0. The minimum Gasteiger partial charge on any atom is -0.392 e. The molecule has 2 rings (SSSR count). The van der Waals surface area contributed by atoms with E-state index in [-0.39, 0.29) is 5.56 Å². The minimum atomic E-state index is -4.49. The number of hydrogen-bond acceptors (Lipinski definition) is 3. The van der Waals surface area contributed by atoms with Gasteiger partial charge < -0.3 is 15.1 Å². The van der Waals surface area contributed by atoms with E-state index in [4.69, 9.17) is 5.11 Å². The first-order valence-corrected chi connectivity index (χ1v) is 6.01. The molecule has 1 aromatic rings. The highest BCUT2D eigenvalue weighted by atomic mass is 19.4. The number of β-amino-alcohol motifs (C(OH)–C–C–N with tert-alkyl or cyclic N) is 1. The van der Waals surface area contributed by atoms with Gasteiger partial charge in [0.05, 0.1) is 17.8 Å². The lowest BCUT2D eigenvalue weighted by atomic mass is 10.1. The molecule has 1 unspecified atom stereocenters. The number of anilines is 1. The average molecular weight is 275 g/mol. The van der Waals surface area contributed by atoms with E-state index in [2.05, 4.69) is 0 Å². The van der Waals surface area contributed by atoms with Crippen LogP contribution in [0.15, 0.2) is 18.2 Å². The standard InChI is InChI=1S/C13H16F3NO2/c1-12(19)4-5-17(8-12)10-3-2-9(7-18)11(6-10)13(14,15)16/h2-3,6,18-19H,4-5,7-8H2,1H3. The van der Waals surface area contributed by atoms with Gasteiger partial charge in [0.1, 0.15) is 0 Å². The van der Waals surface area contributed by atoms with E-state index in [1.54, 1.807) is 17.9 Å². The van der Waals surface area contributed by atoms with Crippen molar-refractivity contribution in [3.8, 4) is 0 Å². The van der Waals surface area contributed by atoms with Crippen LogP contribution in [-0.4, -0.2) is 28.9 Å². The SMILES string of the molecule is CC1(O)CCN(c2ccc(CO)c(C(F)(F)F)c2)C1. The maximum absolute atomic E-state index is 12.9. The van der Waals surface area contributed by atoms with Crippen LogP contribution in [-0.2, 0) is 12.8 Å². The molecule has 0 radical (unpaired) electrons. The van der Waals surface area contributed by atoms with Gasteiger partial charge in [-0.15, -0.1) is 0 Å². The van der Waals surface area contributed by atoms with E-state index in [0.29, 0.717) is 25.2 Å². The van der Waals surface area contributed by atoms with Crippen LogP contribution in [0, 0.1) is 0 Å². The minimum absolute atomic E-state index is 0.137. The van der Waals surface area contributed by atoms with Gasteiger partial charge in [-0.3, -0.25) is 0 Å². The van der Waals surface area contributed by atoms with Crippen molar-refractivity contribution in [3.05, 3.63) is 29.3 Å². The number of benzene rings is 1. The highest BCUT2D eigenvalue weighted by Crippen LogP contribution is 2.36. The summed E-state index contributed by atoms with van der Waals surface area (Å²) in [5, 5.41) is 18.8. The monoisotopic (exact) mass is 275 g/mol. The number of aliphatic hydroxyl groups is 2. The highest BCUT2D eigenvalue weighted by Gasteiger charge is 2.36. The number of hydrogen-bond donors (Lipinski definition) is 2. The molecule has 3 nitrogen and oxygen atoms in total. The van der Waals surface area contributed by atoms with E-state index in [0.717, 1.165) is 6.07 Å². The number of nitrogens with zero attached hydrogens (tertiary/aromatic N) is 1. The first kappa shape index (κ1) is 14.1. The Bertz CT molecular complexity index is 471. The summed E-state index contributed by atoms with van der Waals surface area (Å²) in [6.07, 6.45) is -3.97. The molecule has 1 aliphatic heterocycles. The van der Waals surface area contributed by atoms with Crippen molar-refractivity contribution >= 4 is 5.69 Å². The molecule has 0 bridgehead atoms. The molecule has 0 spiro atoms. The molecule has 1 aliphatic rings. The fourth-order valence-corrected chi connectivity index (χ4v) is 2.33. The summed E-state index contributed by atoms with van der Waals surface area (Å²) in [5.41, 5.74) is -1.41. The lowest BCUT2D eigenvalue weighted by Crippen LogP contribution is -2.29. The topological polar surface area (TPSA) is 43.7 Å². The van der Waals surface area contributed by atoms with Crippen molar-refractivity contribution in [2.75, 3.05) is 18.0 Å². The van der Waals surface area contributed by atoms with E-state index in [1.165, 1.54) is 6.07 Å². The third-order valence-electron chi connectivity index (χ3n) is 3.39. The van der Waals surface area contributed by atoms with Gasteiger partial charge in [0.25, 0.3) is 0 Å². The third-order valence-corrected chi connectivity index (χ3v) is 3.39. The Labute approximate surface area is 109 Å². The van der Waals surface area contributed by atoms with Gasteiger partial charge in [-0.1, -0.05) is 6.07 Å². The van der Waals surface area contributed by atoms with E-state index in [9.17, 15) is 18.3 Å². The molecule has 1 atom stereocenters. The van der Waals surface area contributed by atoms with E-state index >= 15 is 0 Å². The summed E-state index contributed by atoms with van der Waals surface area (Å²) in [4.78, 5) is 1.72. The highest BCUT2D eigenvalue weighted by molar-refractivity contribution is 5.53. The van der Waals surface area contributed by atoms with Crippen LogP contribution >= 0.6 is 0 Å². The lowest BCUT2D eigenvalue weighted by Gasteiger charge is -2.22. The first-order chi connectivity index (χ1) is 8.73. The molecule has 1 saturated heterocycles. The van der Waals surface area contributed by atoms with Crippen molar-refractivity contribution in [1.82, 2.24) is 0 Å². The molecule has 0 aromatic heterocycles. The third kappa shape index (κ3) is 3.01. The van der Waals surface area contributed by atoms with Crippen LogP contribution in [0.4, 0.5) is 18.9 Å². The largest absolute Gasteiger partial charge is 0.416 e. The van der Waals surface area contributed by atoms with E-state index < -0.39 is 23.9 Å². The van der Waals surface area contributed by atoms with Gasteiger partial charge in [-0.2, -0.15) is 13.2 Å². The van der Waals surface area contributed by atoms with Crippen LogP contribution in [0.2, 0.25) is 0 Å². The van der Waals surface area contributed by atoms with Crippen LogP contribution in [0.25, 0.3) is 0 Å². The van der Waals surface area contributed by atoms with Gasteiger partial charge >= 0.3 is 6.18 Å². The fraction of sp³-hybridized carbons (Fsp3) is 0.538. The lowest BCUT2D eigenvalue weighted by molar-refractivity contribution is -0.138. The molecular formula is C13H16F3NO2. The molecule has 6 heteroatoms. The Balaban J connectivity index is 2.34. The normalized spacial score (nSPS) is 24.0. The number of rotatable bonds is 2. The second-order valence-corrected chi connectivity index (χ2v) is 5.17.